The topological polar surface area (TPSA) is 54.7 Å². The van der Waals surface area contributed by atoms with Crippen LogP contribution < -0.4 is 5.48 Å². The molecule has 5 nitrogen and oxygen atoms in total. The Balaban J connectivity index is 2.14. The zero-order valence-corrected chi connectivity index (χ0v) is 10.2. The van der Waals surface area contributed by atoms with E-state index in [-0.39, 0.29) is 12.1 Å². The van der Waals surface area contributed by atoms with E-state index >= 15 is 0 Å². The van der Waals surface area contributed by atoms with Crippen molar-refractivity contribution < 1.29 is 14.0 Å². The van der Waals surface area contributed by atoms with Crippen molar-refractivity contribution in [3.05, 3.63) is 24.2 Å². The van der Waals surface area contributed by atoms with E-state index in [1.54, 1.807) is 11.2 Å². The van der Waals surface area contributed by atoms with Crippen LogP contribution in [0.4, 0.5) is 4.79 Å². The SMILES string of the molecule is CONC(=O)N1CC[C@@H](C)C[C@@H]1c1ccco1. The normalized spacial score (nSPS) is 24.7. The van der Waals surface area contributed by atoms with Crippen LogP contribution in [0, 0.1) is 5.92 Å². The van der Waals surface area contributed by atoms with Crippen LogP contribution in [0.25, 0.3) is 0 Å². The quantitative estimate of drug-likeness (QED) is 0.804. The molecule has 0 radical (unpaired) electrons. The van der Waals surface area contributed by atoms with E-state index in [1.807, 2.05) is 12.1 Å². The smallest absolute Gasteiger partial charge is 0.341 e. The number of hydroxylamine groups is 1. The second-order valence-corrected chi connectivity index (χ2v) is 4.47. The molecule has 1 N–H and O–H groups in total. The number of amides is 2. The monoisotopic (exact) mass is 238 g/mol. The largest absolute Gasteiger partial charge is 0.467 e. The van der Waals surface area contributed by atoms with Crippen LogP contribution in [0.5, 0.6) is 0 Å². The molecule has 1 fully saturated rings. The minimum atomic E-state index is -0.208. The number of hydrogen-bond acceptors (Lipinski definition) is 3. The van der Waals surface area contributed by atoms with E-state index in [2.05, 4.69) is 17.2 Å². The number of furan rings is 1. The van der Waals surface area contributed by atoms with Crippen LogP contribution in [0.1, 0.15) is 31.6 Å². The van der Waals surface area contributed by atoms with Gasteiger partial charge in [-0.05, 0) is 30.9 Å². The lowest BCUT2D eigenvalue weighted by atomic mass is 9.91. The Bertz CT molecular complexity index is 364. The molecule has 2 heterocycles. The van der Waals surface area contributed by atoms with Crippen molar-refractivity contribution in [1.82, 2.24) is 10.4 Å². The average molecular weight is 238 g/mol. The third kappa shape index (κ3) is 2.61. The fourth-order valence-electron chi connectivity index (χ4n) is 2.28. The van der Waals surface area contributed by atoms with Gasteiger partial charge >= 0.3 is 6.03 Å². The number of hydrogen-bond donors (Lipinski definition) is 1. The average Bonchev–Trinajstić information content (AvgIpc) is 2.82. The predicted octanol–water partition coefficient (Wildman–Crippen LogP) is 2.32. The molecule has 5 heteroatoms. The predicted molar refractivity (Wildman–Crippen MR) is 62.1 cm³/mol. The maximum Gasteiger partial charge on any atom is 0.341 e. The molecule has 1 aromatic rings. The molecular weight excluding hydrogens is 220 g/mol. The molecule has 0 unspecified atom stereocenters. The van der Waals surface area contributed by atoms with Crippen LogP contribution in [-0.2, 0) is 4.84 Å². The number of urea groups is 1. The Morgan fingerprint density at radius 3 is 3.12 bits per heavy atom. The van der Waals surface area contributed by atoms with Crippen molar-refractivity contribution in [2.75, 3.05) is 13.7 Å². The van der Waals surface area contributed by atoms with Gasteiger partial charge in [-0.25, -0.2) is 10.3 Å². The summed E-state index contributed by atoms with van der Waals surface area (Å²) in [7, 11) is 1.44. The van der Waals surface area contributed by atoms with Crippen molar-refractivity contribution in [1.29, 1.82) is 0 Å². The summed E-state index contributed by atoms with van der Waals surface area (Å²) in [6.07, 6.45) is 3.57. The van der Waals surface area contributed by atoms with Gasteiger partial charge in [0.05, 0.1) is 19.4 Å². The maximum atomic E-state index is 11.9. The molecule has 2 rings (SSSR count). The summed E-state index contributed by atoms with van der Waals surface area (Å²) in [4.78, 5) is 18.3. The van der Waals surface area contributed by atoms with Gasteiger partial charge in [0.15, 0.2) is 0 Å². The molecule has 1 saturated heterocycles. The molecule has 17 heavy (non-hydrogen) atoms. The molecule has 1 aliphatic heterocycles. The number of piperidine rings is 1. The Hall–Kier alpha value is -1.49. The highest BCUT2D eigenvalue weighted by Gasteiger charge is 2.32. The van der Waals surface area contributed by atoms with Gasteiger partial charge in [0.25, 0.3) is 0 Å². The Labute approximate surface area is 101 Å². The minimum Gasteiger partial charge on any atom is -0.467 e. The molecule has 0 saturated carbocycles. The molecule has 1 aliphatic rings. The van der Waals surface area contributed by atoms with Crippen molar-refractivity contribution in [3.8, 4) is 0 Å². The van der Waals surface area contributed by atoms with Crippen LogP contribution in [-0.4, -0.2) is 24.6 Å². The summed E-state index contributed by atoms with van der Waals surface area (Å²) < 4.78 is 5.42. The van der Waals surface area contributed by atoms with Crippen LogP contribution in [0.15, 0.2) is 22.8 Å². The van der Waals surface area contributed by atoms with Gasteiger partial charge in [-0.3, -0.25) is 4.84 Å². The van der Waals surface area contributed by atoms with E-state index in [0.717, 1.165) is 25.1 Å². The zero-order chi connectivity index (χ0) is 12.3. The van der Waals surface area contributed by atoms with E-state index in [4.69, 9.17) is 4.42 Å². The maximum absolute atomic E-state index is 11.9. The van der Waals surface area contributed by atoms with Gasteiger partial charge in [0.1, 0.15) is 5.76 Å². The second-order valence-electron chi connectivity index (χ2n) is 4.47. The summed E-state index contributed by atoms with van der Waals surface area (Å²) in [5, 5.41) is 0. The summed E-state index contributed by atoms with van der Waals surface area (Å²) in [6.45, 7) is 2.92. The summed E-state index contributed by atoms with van der Waals surface area (Å²) >= 11 is 0. The summed E-state index contributed by atoms with van der Waals surface area (Å²) in [5.41, 5.74) is 2.37. The molecular formula is C12H18N2O3. The van der Waals surface area contributed by atoms with Crippen LogP contribution >= 0.6 is 0 Å². The molecule has 0 spiro atoms. The van der Waals surface area contributed by atoms with Crippen LogP contribution in [0.3, 0.4) is 0 Å². The van der Waals surface area contributed by atoms with Crippen molar-refractivity contribution in [3.63, 3.8) is 0 Å². The Morgan fingerprint density at radius 1 is 1.65 bits per heavy atom. The van der Waals surface area contributed by atoms with Gasteiger partial charge in [0, 0.05) is 6.54 Å². The van der Waals surface area contributed by atoms with Gasteiger partial charge in [-0.2, -0.15) is 0 Å². The molecule has 94 valence electrons. The molecule has 0 aromatic carbocycles. The van der Waals surface area contributed by atoms with Crippen molar-refractivity contribution >= 4 is 6.03 Å². The standard InChI is InChI=1S/C12H18N2O3/c1-9-5-6-14(12(15)13-16-2)10(8-9)11-4-3-7-17-11/h3-4,7,9-10H,5-6,8H2,1-2H3,(H,13,15)/t9-,10-/m1/s1. The summed E-state index contributed by atoms with van der Waals surface area (Å²) in [5.74, 6) is 1.43. The van der Waals surface area contributed by atoms with Crippen molar-refractivity contribution in [2.24, 2.45) is 5.92 Å². The number of rotatable bonds is 2. The Morgan fingerprint density at radius 2 is 2.47 bits per heavy atom. The fourth-order valence-corrected chi connectivity index (χ4v) is 2.28. The first-order chi connectivity index (χ1) is 8.22. The zero-order valence-electron chi connectivity index (χ0n) is 10.2. The molecule has 1 aromatic heterocycles. The van der Waals surface area contributed by atoms with E-state index in [0.29, 0.717) is 5.92 Å². The number of likely N-dealkylation sites (tertiary alicyclic amines) is 1. The van der Waals surface area contributed by atoms with Crippen LogP contribution in [0.2, 0.25) is 0 Å². The first kappa shape index (κ1) is 12.0. The fraction of sp³-hybridized carbons (Fsp3) is 0.583. The lowest BCUT2D eigenvalue weighted by molar-refractivity contribution is 0.0594. The highest BCUT2D eigenvalue weighted by atomic mass is 16.6. The second kappa shape index (κ2) is 5.23. The third-order valence-corrected chi connectivity index (χ3v) is 3.19. The first-order valence-electron chi connectivity index (χ1n) is 5.85. The lowest BCUT2D eigenvalue weighted by Gasteiger charge is -2.36. The Kier molecular flexibility index (Phi) is 3.68. The molecule has 0 bridgehead atoms. The van der Waals surface area contributed by atoms with Gasteiger partial charge < -0.3 is 9.32 Å². The molecule has 2 amide bonds. The van der Waals surface area contributed by atoms with Gasteiger partial charge in [-0.1, -0.05) is 6.92 Å². The molecule has 0 aliphatic carbocycles. The first-order valence-corrected chi connectivity index (χ1v) is 5.85. The number of nitrogens with one attached hydrogen (secondary N) is 1. The van der Waals surface area contributed by atoms with E-state index in [9.17, 15) is 4.79 Å². The minimum absolute atomic E-state index is 0.00361. The van der Waals surface area contributed by atoms with E-state index in [1.165, 1.54) is 7.11 Å². The lowest BCUT2D eigenvalue weighted by Crippen LogP contribution is -2.45. The highest BCUT2D eigenvalue weighted by Crippen LogP contribution is 2.34. The van der Waals surface area contributed by atoms with Gasteiger partial charge in [0.2, 0.25) is 0 Å². The summed E-state index contributed by atoms with van der Waals surface area (Å²) in [6, 6.07) is 3.56. The highest BCUT2D eigenvalue weighted by molar-refractivity contribution is 5.73. The molecule has 2 atom stereocenters. The number of carbonyl (C=O) groups is 1. The van der Waals surface area contributed by atoms with Crippen molar-refractivity contribution in [2.45, 2.75) is 25.8 Å². The number of nitrogens with zero attached hydrogens (tertiary/aromatic N) is 1. The third-order valence-electron chi connectivity index (χ3n) is 3.19. The van der Waals surface area contributed by atoms with Gasteiger partial charge in [-0.15, -0.1) is 0 Å². The number of carbonyl (C=O) groups excluding carboxylic acids is 1. The van der Waals surface area contributed by atoms with E-state index < -0.39 is 0 Å².